The van der Waals surface area contributed by atoms with Crippen molar-refractivity contribution in [1.82, 2.24) is 14.8 Å². The van der Waals surface area contributed by atoms with Crippen LogP contribution in [0, 0.1) is 5.92 Å². The maximum absolute atomic E-state index is 13.6. The third-order valence-electron chi connectivity index (χ3n) is 6.72. The first-order chi connectivity index (χ1) is 18.3. The number of anilines is 1. The molecular weight excluding hydrogens is 504 g/mol. The highest BCUT2D eigenvalue weighted by atomic mass is 35.5. The van der Waals surface area contributed by atoms with E-state index in [9.17, 15) is 14.7 Å². The summed E-state index contributed by atoms with van der Waals surface area (Å²) < 4.78 is 6.58. The van der Waals surface area contributed by atoms with Crippen LogP contribution in [0.1, 0.15) is 40.1 Å². The van der Waals surface area contributed by atoms with Crippen LogP contribution >= 0.6 is 11.6 Å². The molecule has 0 saturated heterocycles. The van der Waals surface area contributed by atoms with E-state index in [4.69, 9.17) is 16.3 Å². The third-order valence-corrected chi connectivity index (χ3v) is 6.95. The second-order valence-corrected chi connectivity index (χ2v) is 10.3. The number of likely N-dealkylation sites (N-methyl/N-ethyl adjacent to an activating group) is 1. The zero-order valence-electron chi connectivity index (χ0n) is 21.8. The molecule has 0 spiro atoms. The minimum absolute atomic E-state index is 0.0631. The maximum atomic E-state index is 13.6. The van der Waals surface area contributed by atoms with Crippen LogP contribution in [0.2, 0.25) is 5.02 Å². The van der Waals surface area contributed by atoms with Gasteiger partial charge < -0.3 is 20.1 Å². The number of aromatic nitrogens is 1. The molecule has 38 heavy (non-hydrogen) atoms. The van der Waals surface area contributed by atoms with Crippen LogP contribution in [-0.4, -0.2) is 70.6 Å². The summed E-state index contributed by atoms with van der Waals surface area (Å²) >= 11 is 6.18. The minimum Gasteiger partial charge on any atom is -0.486 e. The Hall–Kier alpha value is -3.46. The van der Waals surface area contributed by atoms with E-state index in [1.54, 1.807) is 47.6 Å². The summed E-state index contributed by atoms with van der Waals surface area (Å²) in [6.07, 6.45) is 2.79. The molecule has 0 bridgehead atoms. The standard InChI is InChI=1S/C29H33ClN4O4/c1-19-15-34(20(2)18-35)29(37)24-8-5-9-25(32-28(36)22-10-12-31-13-11-22)27(24)38-26(19)17-33(3)16-21-6-4-7-23(30)14-21/h4-14,19-20,26,35H,15-18H2,1-3H3,(H,32,36)/t19-,20-,26+/m0/s1. The van der Waals surface area contributed by atoms with E-state index in [1.165, 1.54) is 0 Å². The third kappa shape index (κ3) is 6.51. The molecule has 8 nitrogen and oxygen atoms in total. The number of halogens is 1. The summed E-state index contributed by atoms with van der Waals surface area (Å²) in [5.74, 6) is -0.323. The predicted octanol–water partition coefficient (Wildman–Crippen LogP) is 4.34. The number of para-hydroxylation sites is 1. The van der Waals surface area contributed by atoms with Crippen LogP contribution in [-0.2, 0) is 6.54 Å². The van der Waals surface area contributed by atoms with Crippen molar-refractivity contribution in [1.29, 1.82) is 0 Å². The largest absolute Gasteiger partial charge is 0.486 e. The molecule has 4 rings (SSSR count). The lowest BCUT2D eigenvalue weighted by atomic mass is 9.98. The fourth-order valence-electron chi connectivity index (χ4n) is 4.58. The summed E-state index contributed by atoms with van der Waals surface area (Å²) in [6, 6.07) is 15.7. The average Bonchev–Trinajstić information content (AvgIpc) is 2.91. The molecule has 0 fully saturated rings. The normalized spacial score (nSPS) is 18.3. The van der Waals surface area contributed by atoms with Crippen LogP contribution in [0.4, 0.5) is 5.69 Å². The molecule has 200 valence electrons. The summed E-state index contributed by atoms with van der Waals surface area (Å²) in [5, 5.41) is 13.5. The van der Waals surface area contributed by atoms with Crippen molar-refractivity contribution >= 4 is 29.1 Å². The Labute approximate surface area is 228 Å². The SMILES string of the molecule is C[C@H]1CN([C@@H](C)CO)C(=O)c2cccc(NC(=O)c3ccncc3)c2O[C@@H]1CN(C)Cc1cccc(Cl)c1. The summed E-state index contributed by atoms with van der Waals surface area (Å²) in [5.41, 5.74) is 2.27. The van der Waals surface area contributed by atoms with Crippen LogP contribution in [0.3, 0.4) is 0 Å². The molecule has 0 aliphatic carbocycles. The lowest BCUT2D eigenvalue weighted by molar-refractivity contribution is 0.0343. The lowest BCUT2D eigenvalue weighted by Gasteiger charge is -2.38. The van der Waals surface area contributed by atoms with Crippen molar-refractivity contribution < 1.29 is 19.4 Å². The molecule has 2 amide bonds. The van der Waals surface area contributed by atoms with E-state index >= 15 is 0 Å². The number of carbonyl (C=O) groups is 2. The number of benzene rings is 2. The van der Waals surface area contributed by atoms with Gasteiger partial charge in [0.15, 0.2) is 5.75 Å². The fourth-order valence-corrected chi connectivity index (χ4v) is 4.79. The number of hydrogen-bond donors (Lipinski definition) is 2. The van der Waals surface area contributed by atoms with Gasteiger partial charge in [-0.15, -0.1) is 0 Å². The first-order valence-corrected chi connectivity index (χ1v) is 13.0. The summed E-state index contributed by atoms with van der Waals surface area (Å²) in [4.78, 5) is 34.4. The number of ether oxygens (including phenoxy) is 1. The maximum Gasteiger partial charge on any atom is 0.258 e. The molecule has 1 aliphatic heterocycles. The first kappa shape index (κ1) is 27.6. The van der Waals surface area contributed by atoms with E-state index in [0.717, 1.165) is 5.56 Å². The molecule has 1 aromatic heterocycles. The van der Waals surface area contributed by atoms with Crippen LogP contribution in [0.15, 0.2) is 67.0 Å². The highest BCUT2D eigenvalue weighted by molar-refractivity contribution is 6.30. The molecule has 3 atom stereocenters. The van der Waals surface area contributed by atoms with Crippen LogP contribution in [0.5, 0.6) is 5.75 Å². The lowest BCUT2D eigenvalue weighted by Crippen LogP contribution is -2.49. The monoisotopic (exact) mass is 536 g/mol. The van der Waals surface area contributed by atoms with Gasteiger partial charge in [0.2, 0.25) is 0 Å². The second kappa shape index (κ2) is 12.4. The van der Waals surface area contributed by atoms with Crippen LogP contribution in [0.25, 0.3) is 0 Å². The predicted molar refractivity (Wildman–Crippen MR) is 148 cm³/mol. The number of carbonyl (C=O) groups excluding carboxylic acids is 2. The molecule has 0 unspecified atom stereocenters. The van der Waals surface area contributed by atoms with Crippen LogP contribution < -0.4 is 10.1 Å². The van der Waals surface area contributed by atoms with Gasteiger partial charge in [0.25, 0.3) is 11.8 Å². The van der Waals surface area contributed by atoms with E-state index in [2.05, 4.69) is 15.2 Å². The first-order valence-electron chi connectivity index (χ1n) is 12.6. The fraction of sp³-hybridized carbons (Fsp3) is 0.345. The van der Waals surface area contributed by atoms with E-state index in [-0.39, 0.29) is 36.5 Å². The quantitative estimate of drug-likeness (QED) is 0.445. The molecule has 2 heterocycles. The number of hydrogen-bond acceptors (Lipinski definition) is 6. The van der Waals surface area contributed by atoms with Gasteiger partial charge >= 0.3 is 0 Å². The Balaban J connectivity index is 1.67. The number of nitrogens with zero attached hydrogens (tertiary/aromatic N) is 3. The van der Waals surface area contributed by atoms with Gasteiger partial charge in [-0.3, -0.25) is 19.5 Å². The van der Waals surface area contributed by atoms with E-state index in [0.29, 0.717) is 47.2 Å². The van der Waals surface area contributed by atoms with Gasteiger partial charge in [-0.1, -0.05) is 36.7 Å². The Morgan fingerprint density at radius 2 is 1.97 bits per heavy atom. The minimum atomic E-state index is -0.379. The van der Waals surface area contributed by atoms with Gasteiger partial charge in [0.1, 0.15) is 6.10 Å². The molecule has 9 heteroatoms. The van der Waals surface area contributed by atoms with E-state index in [1.807, 2.05) is 45.2 Å². The smallest absolute Gasteiger partial charge is 0.258 e. The topological polar surface area (TPSA) is 95.0 Å². The number of aliphatic hydroxyl groups is 1. The average molecular weight is 537 g/mol. The van der Waals surface area contributed by atoms with Crippen molar-refractivity contribution in [2.24, 2.45) is 5.92 Å². The van der Waals surface area contributed by atoms with Gasteiger partial charge in [-0.2, -0.15) is 0 Å². The Bertz CT molecular complexity index is 1270. The van der Waals surface area contributed by atoms with Gasteiger partial charge in [0.05, 0.1) is 23.9 Å². The van der Waals surface area contributed by atoms with Crippen molar-refractivity contribution in [2.75, 3.05) is 32.1 Å². The number of aliphatic hydroxyl groups excluding tert-OH is 1. The molecule has 0 saturated carbocycles. The molecule has 2 N–H and O–H groups in total. The number of nitrogens with one attached hydrogen (secondary N) is 1. The van der Waals surface area contributed by atoms with Gasteiger partial charge in [-0.25, -0.2) is 0 Å². The van der Waals surface area contributed by atoms with Gasteiger partial charge in [0, 0.05) is 48.5 Å². The molecular formula is C29H33ClN4O4. The molecule has 2 aromatic carbocycles. The summed E-state index contributed by atoms with van der Waals surface area (Å²) in [7, 11) is 2.01. The van der Waals surface area contributed by atoms with E-state index < -0.39 is 0 Å². The van der Waals surface area contributed by atoms with Crippen molar-refractivity contribution in [3.63, 3.8) is 0 Å². The highest BCUT2D eigenvalue weighted by Gasteiger charge is 2.34. The Morgan fingerprint density at radius 1 is 1.24 bits per heavy atom. The highest BCUT2D eigenvalue weighted by Crippen LogP contribution is 2.35. The number of rotatable bonds is 8. The number of amides is 2. The molecule has 3 aromatic rings. The van der Waals surface area contributed by atoms with Crippen molar-refractivity contribution in [3.8, 4) is 5.75 Å². The van der Waals surface area contributed by atoms with Crippen molar-refractivity contribution in [2.45, 2.75) is 32.5 Å². The summed E-state index contributed by atoms with van der Waals surface area (Å²) in [6.45, 7) is 5.34. The Kier molecular flexibility index (Phi) is 8.99. The molecule has 1 aliphatic rings. The number of fused-ring (bicyclic) bond motifs is 1. The van der Waals surface area contributed by atoms with Gasteiger partial charge in [-0.05, 0) is 55.9 Å². The van der Waals surface area contributed by atoms with Crippen molar-refractivity contribution in [3.05, 3.63) is 88.7 Å². The zero-order valence-corrected chi connectivity index (χ0v) is 22.6. The zero-order chi connectivity index (χ0) is 27.2. The second-order valence-electron chi connectivity index (χ2n) is 9.82. The number of pyridine rings is 1. The Morgan fingerprint density at radius 3 is 2.68 bits per heavy atom. The molecule has 0 radical (unpaired) electrons.